The van der Waals surface area contributed by atoms with Crippen molar-refractivity contribution in [2.45, 2.75) is 13.5 Å². The zero-order chi connectivity index (χ0) is 22.4. The van der Waals surface area contributed by atoms with Crippen molar-refractivity contribution < 1.29 is 17.9 Å². The largest absolute Gasteiger partial charge is 0.484 e. The molecule has 0 aliphatic carbocycles. The molecule has 0 aliphatic rings. The minimum Gasteiger partial charge on any atom is -0.484 e. The number of nitrogens with one attached hydrogen (secondary N) is 1. The Morgan fingerprint density at radius 2 is 1.65 bits per heavy atom. The number of para-hydroxylation sites is 1. The molecule has 0 aromatic heterocycles. The molecular weight excluding hydrogens is 436 g/mol. The molecule has 0 bridgehead atoms. The normalized spacial score (nSPS) is 11.1. The van der Waals surface area contributed by atoms with Gasteiger partial charge in [-0.2, -0.15) is 0 Å². The second-order valence-electron chi connectivity index (χ2n) is 7.01. The number of anilines is 2. The van der Waals surface area contributed by atoms with Gasteiger partial charge in [-0.3, -0.25) is 9.10 Å². The van der Waals surface area contributed by atoms with Gasteiger partial charge in [0.1, 0.15) is 5.75 Å². The zero-order valence-electron chi connectivity index (χ0n) is 17.2. The Bertz CT molecular complexity index is 1160. The van der Waals surface area contributed by atoms with E-state index < -0.39 is 10.0 Å². The second kappa shape index (κ2) is 9.85. The van der Waals surface area contributed by atoms with Crippen molar-refractivity contribution in [2.75, 3.05) is 22.5 Å². The van der Waals surface area contributed by atoms with Gasteiger partial charge in [0.05, 0.1) is 18.5 Å². The number of sulfonamides is 1. The van der Waals surface area contributed by atoms with Crippen LogP contribution >= 0.6 is 11.6 Å². The Morgan fingerprint density at radius 3 is 2.29 bits per heavy atom. The molecule has 0 fully saturated rings. The summed E-state index contributed by atoms with van der Waals surface area (Å²) in [5, 5.41) is 3.29. The van der Waals surface area contributed by atoms with E-state index in [1.54, 1.807) is 48.5 Å². The first kappa shape index (κ1) is 22.7. The standard InChI is InChI=1S/C23H23ClN2O4S/c1-17-7-3-6-10-22(17)25-23(27)16-30-20-13-11-19(12-14-20)26(31(2,28)29)15-18-8-4-5-9-21(18)24/h3-14H,15-16H2,1-2H3,(H,25,27). The first-order chi connectivity index (χ1) is 14.7. The number of hydrogen-bond donors (Lipinski definition) is 1. The van der Waals surface area contributed by atoms with Crippen LogP contribution in [0.4, 0.5) is 11.4 Å². The van der Waals surface area contributed by atoms with Crippen LogP contribution in [0, 0.1) is 6.92 Å². The molecule has 0 saturated carbocycles. The molecule has 0 aliphatic heterocycles. The molecule has 3 aromatic carbocycles. The second-order valence-corrected chi connectivity index (χ2v) is 9.32. The lowest BCUT2D eigenvalue weighted by molar-refractivity contribution is -0.118. The molecule has 6 nitrogen and oxygen atoms in total. The minimum absolute atomic E-state index is 0.109. The Labute approximate surface area is 187 Å². The third kappa shape index (κ3) is 6.23. The zero-order valence-corrected chi connectivity index (χ0v) is 18.8. The topological polar surface area (TPSA) is 75.7 Å². The van der Waals surface area contributed by atoms with Crippen LogP contribution < -0.4 is 14.4 Å². The molecule has 31 heavy (non-hydrogen) atoms. The van der Waals surface area contributed by atoms with Crippen LogP contribution in [-0.2, 0) is 21.4 Å². The Balaban J connectivity index is 1.66. The summed E-state index contributed by atoms with van der Waals surface area (Å²) in [6.07, 6.45) is 1.14. The first-order valence-electron chi connectivity index (χ1n) is 9.53. The monoisotopic (exact) mass is 458 g/mol. The van der Waals surface area contributed by atoms with Crippen molar-refractivity contribution in [1.29, 1.82) is 0 Å². The van der Waals surface area contributed by atoms with Crippen molar-refractivity contribution in [1.82, 2.24) is 0 Å². The van der Waals surface area contributed by atoms with E-state index in [1.165, 1.54) is 4.31 Å². The highest BCUT2D eigenvalue weighted by molar-refractivity contribution is 7.92. The maximum absolute atomic E-state index is 12.3. The molecular formula is C23H23ClN2O4S. The average Bonchev–Trinajstić information content (AvgIpc) is 2.73. The number of benzene rings is 3. The van der Waals surface area contributed by atoms with E-state index in [1.807, 2.05) is 31.2 Å². The van der Waals surface area contributed by atoms with E-state index in [0.29, 0.717) is 22.0 Å². The molecule has 0 spiro atoms. The van der Waals surface area contributed by atoms with Crippen molar-refractivity contribution in [3.8, 4) is 5.75 Å². The fourth-order valence-corrected chi connectivity index (χ4v) is 4.01. The van der Waals surface area contributed by atoms with Crippen LogP contribution in [0.25, 0.3) is 0 Å². The SMILES string of the molecule is Cc1ccccc1NC(=O)COc1ccc(N(Cc2ccccc2Cl)S(C)(=O)=O)cc1. The van der Waals surface area contributed by atoms with Crippen LogP contribution in [0.3, 0.4) is 0 Å². The number of aryl methyl sites for hydroxylation is 1. The van der Waals surface area contributed by atoms with Gasteiger partial charge in [-0.15, -0.1) is 0 Å². The van der Waals surface area contributed by atoms with Crippen molar-refractivity contribution in [3.63, 3.8) is 0 Å². The lowest BCUT2D eigenvalue weighted by Gasteiger charge is -2.23. The molecule has 0 heterocycles. The number of hydrogen-bond acceptors (Lipinski definition) is 4. The Hall–Kier alpha value is -3.03. The van der Waals surface area contributed by atoms with Crippen LogP contribution in [0.2, 0.25) is 5.02 Å². The first-order valence-corrected chi connectivity index (χ1v) is 11.8. The van der Waals surface area contributed by atoms with Crippen molar-refractivity contribution in [3.05, 3.63) is 88.9 Å². The van der Waals surface area contributed by atoms with Crippen molar-refractivity contribution in [2.24, 2.45) is 0 Å². The molecule has 0 atom stereocenters. The van der Waals surface area contributed by atoms with E-state index in [2.05, 4.69) is 5.32 Å². The summed E-state index contributed by atoms with van der Waals surface area (Å²) < 4.78 is 31.5. The molecule has 0 saturated heterocycles. The molecule has 0 radical (unpaired) electrons. The highest BCUT2D eigenvalue weighted by Gasteiger charge is 2.19. The van der Waals surface area contributed by atoms with Gasteiger partial charge < -0.3 is 10.1 Å². The van der Waals surface area contributed by atoms with Crippen molar-refractivity contribution >= 4 is 38.9 Å². The summed E-state index contributed by atoms with van der Waals surface area (Å²) >= 11 is 6.19. The Kier molecular flexibility index (Phi) is 7.20. The van der Waals surface area contributed by atoms with Gasteiger partial charge in [0, 0.05) is 10.7 Å². The van der Waals surface area contributed by atoms with Gasteiger partial charge in [0.25, 0.3) is 5.91 Å². The molecule has 3 rings (SSSR count). The smallest absolute Gasteiger partial charge is 0.262 e. The third-order valence-electron chi connectivity index (χ3n) is 4.59. The van der Waals surface area contributed by atoms with E-state index in [0.717, 1.165) is 17.5 Å². The predicted octanol–water partition coefficient (Wildman–Crippen LogP) is 4.63. The van der Waals surface area contributed by atoms with Gasteiger partial charge in [0.2, 0.25) is 10.0 Å². The number of rotatable bonds is 8. The lowest BCUT2D eigenvalue weighted by atomic mass is 10.2. The molecule has 8 heteroatoms. The number of amides is 1. The predicted molar refractivity (Wildman–Crippen MR) is 124 cm³/mol. The van der Waals surface area contributed by atoms with Crippen LogP contribution in [0.15, 0.2) is 72.8 Å². The third-order valence-corrected chi connectivity index (χ3v) is 6.10. The minimum atomic E-state index is -3.54. The summed E-state index contributed by atoms with van der Waals surface area (Å²) in [7, 11) is -3.54. The van der Waals surface area contributed by atoms with Gasteiger partial charge in [-0.1, -0.05) is 48.0 Å². The van der Waals surface area contributed by atoms with Crippen LogP contribution in [-0.4, -0.2) is 27.2 Å². The van der Waals surface area contributed by atoms with E-state index in [9.17, 15) is 13.2 Å². The fourth-order valence-electron chi connectivity index (χ4n) is 2.94. The maximum Gasteiger partial charge on any atom is 0.262 e. The van der Waals surface area contributed by atoms with Gasteiger partial charge in [-0.05, 0) is 54.4 Å². The van der Waals surface area contributed by atoms with E-state index >= 15 is 0 Å². The summed E-state index contributed by atoms with van der Waals surface area (Å²) in [5.74, 6) is 0.171. The average molecular weight is 459 g/mol. The maximum atomic E-state index is 12.3. The van der Waals surface area contributed by atoms with Gasteiger partial charge in [-0.25, -0.2) is 8.42 Å². The van der Waals surface area contributed by atoms with E-state index in [4.69, 9.17) is 16.3 Å². The summed E-state index contributed by atoms with van der Waals surface area (Å²) in [6, 6.07) is 21.1. The molecule has 1 amide bonds. The van der Waals surface area contributed by atoms with Gasteiger partial charge >= 0.3 is 0 Å². The summed E-state index contributed by atoms with van der Waals surface area (Å²) in [4.78, 5) is 12.1. The van der Waals surface area contributed by atoms with Crippen LogP contribution in [0.1, 0.15) is 11.1 Å². The quantitative estimate of drug-likeness (QED) is 0.534. The highest BCUT2D eigenvalue weighted by Crippen LogP contribution is 2.26. The number of ether oxygens (including phenoxy) is 1. The molecule has 0 unspecified atom stereocenters. The van der Waals surface area contributed by atoms with Gasteiger partial charge in [0.15, 0.2) is 6.61 Å². The fraction of sp³-hybridized carbons (Fsp3) is 0.174. The number of carbonyl (C=O) groups is 1. The van der Waals surface area contributed by atoms with Crippen LogP contribution in [0.5, 0.6) is 5.75 Å². The molecule has 3 aromatic rings. The van der Waals surface area contributed by atoms with E-state index in [-0.39, 0.29) is 19.1 Å². The summed E-state index contributed by atoms with van der Waals surface area (Å²) in [5.41, 5.74) is 2.86. The molecule has 1 N–H and O–H groups in total. The molecule has 162 valence electrons. The number of nitrogens with zero attached hydrogens (tertiary/aromatic N) is 1. The lowest BCUT2D eigenvalue weighted by Crippen LogP contribution is -2.29. The Morgan fingerprint density at radius 1 is 1.00 bits per heavy atom. The number of halogens is 1. The number of carbonyl (C=O) groups excluding carboxylic acids is 1. The highest BCUT2D eigenvalue weighted by atomic mass is 35.5. The summed E-state index contributed by atoms with van der Waals surface area (Å²) in [6.45, 7) is 1.85.